The van der Waals surface area contributed by atoms with E-state index in [0.717, 1.165) is 0 Å². The first-order valence-corrected chi connectivity index (χ1v) is 7.43. The van der Waals surface area contributed by atoms with Gasteiger partial charge in [-0.2, -0.15) is 0 Å². The van der Waals surface area contributed by atoms with Crippen LogP contribution in [0.25, 0.3) is 0 Å². The highest BCUT2D eigenvalue weighted by molar-refractivity contribution is 5.82. The van der Waals surface area contributed by atoms with Crippen molar-refractivity contribution in [3.8, 4) is 0 Å². The van der Waals surface area contributed by atoms with E-state index in [1.54, 1.807) is 11.9 Å². The second-order valence-corrected chi connectivity index (χ2v) is 6.50. The fraction of sp³-hybridized carbons (Fsp3) is 0.857. The zero-order valence-electron chi connectivity index (χ0n) is 12.5. The van der Waals surface area contributed by atoms with Gasteiger partial charge < -0.3 is 15.0 Å². The predicted molar refractivity (Wildman–Crippen MR) is 73.4 cm³/mol. The van der Waals surface area contributed by atoms with Gasteiger partial charge in [0.2, 0.25) is 11.8 Å². The lowest BCUT2D eigenvalue weighted by molar-refractivity contribution is -0.204. The number of nitrogens with zero attached hydrogens (tertiary/aromatic N) is 2. The number of likely N-dealkylation sites (N-methyl/N-ethyl adjacent to an activating group) is 2. The van der Waals surface area contributed by atoms with Crippen LogP contribution in [0.2, 0.25) is 0 Å². The Labute approximate surface area is 123 Å². The predicted octanol–water partition coefficient (Wildman–Crippen LogP) is -0.608. The van der Waals surface area contributed by atoms with Gasteiger partial charge in [0.1, 0.15) is 17.8 Å². The van der Waals surface area contributed by atoms with Gasteiger partial charge in [-0.1, -0.05) is 0 Å². The van der Waals surface area contributed by atoms with Crippen LogP contribution in [-0.4, -0.2) is 79.8 Å². The number of likely N-dealkylation sites (tertiary alicyclic amines) is 1. The van der Waals surface area contributed by atoms with E-state index < -0.39 is 6.17 Å². The Kier molecular flexibility index (Phi) is 3.65. The topological polar surface area (TPSA) is 61.9 Å². The van der Waals surface area contributed by atoms with Crippen molar-refractivity contribution in [3.63, 3.8) is 0 Å². The fourth-order valence-electron chi connectivity index (χ4n) is 3.44. The molecule has 21 heavy (non-hydrogen) atoms. The molecule has 3 fully saturated rings. The molecule has 1 saturated carbocycles. The van der Waals surface area contributed by atoms with Crippen molar-refractivity contribution >= 4 is 11.8 Å². The Morgan fingerprint density at radius 3 is 2.48 bits per heavy atom. The molecule has 1 atom stereocenters. The molecule has 6 nitrogen and oxygen atoms in total. The van der Waals surface area contributed by atoms with Gasteiger partial charge in [-0.25, -0.2) is 4.39 Å². The number of ether oxygens (including phenoxy) is 1. The molecule has 2 heterocycles. The monoisotopic (exact) mass is 299 g/mol. The zero-order chi connectivity index (χ0) is 15.2. The number of hydrogen-bond acceptors (Lipinski definition) is 4. The molecule has 3 aliphatic rings. The lowest BCUT2D eigenvalue weighted by Crippen LogP contribution is -2.73. The standard InChI is InChI=1S/C14H22FN3O3/c1-16-12(19)11-5-21-14(6-17(11)2)7-18(8-14)13(20)9-3-10(15)4-9/h9-11H,3-8H2,1-2H3,(H,16,19)/t9?,10?,11-/m1/s1. The molecule has 2 aliphatic heterocycles. The smallest absolute Gasteiger partial charge is 0.239 e. The van der Waals surface area contributed by atoms with Gasteiger partial charge in [0, 0.05) is 19.5 Å². The molecule has 0 aromatic rings. The second kappa shape index (κ2) is 5.21. The molecule has 2 amide bonds. The van der Waals surface area contributed by atoms with Gasteiger partial charge >= 0.3 is 0 Å². The van der Waals surface area contributed by atoms with Crippen molar-refractivity contribution in [2.24, 2.45) is 5.92 Å². The summed E-state index contributed by atoms with van der Waals surface area (Å²) in [5, 5.41) is 2.63. The summed E-state index contributed by atoms with van der Waals surface area (Å²) in [5.74, 6) is -0.144. The molecule has 0 radical (unpaired) electrons. The van der Waals surface area contributed by atoms with Crippen LogP contribution in [0.5, 0.6) is 0 Å². The van der Waals surface area contributed by atoms with Crippen LogP contribution >= 0.6 is 0 Å². The molecule has 0 bridgehead atoms. The van der Waals surface area contributed by atoms with Crippen LogP contribution in [0, 0.1) is 5.92 Å². The first-order valence-electron chi connectivity index (χ1n) is 7.43. The average molecular weight is 299 g/mol. The van der Waals surface area contributed by atoms with Gasteiger partial charge in [0.05, 0.1) is 19.7 Å². The highest BCUT2D eigenvalue weighted by Crippen LogP contribution is 2.36. The van der Waals surface area contributed by atoms with E-state index in [1.807, 2.05) is 11.9 Å². The Bertz CT molecular complexity index is 447. The number of carbonyl (C=O) groups is 2. The number of halogens is 1. The second-order valence-electron chi connectivity index (χ2n) is 6.50. The van der Waals surface area contributed by atoms with Crippen LogP contribution in [0.1, 0.15) is 12.8 Å². The van der Waals surface area contributed by atoms with E-state index in [4.69, 9.17) is 4.74 Å². The van der Waals surface area contributed by atoms with E-state index in [9.17, 15) is 14.0 Å². The van der Waals surface area contributed by atoms with E-state index >= 15 is 0 Å². The van der Waals surface area contributed by atoms with Crippen LogP contribution < -0.4 is 5.32 Å². The molecule has 0 unspecified atom stereocenters. The molecule has 1 N–H and O–H groups in total. The minimum absolute atomic E-state index is 0.0502. The van der Waals surface area contributed by atoms with Crippen LogP contribution in [-0.2, 0) is 14.3 Å². The van der Waals surface area contributed by atoms with Gasteiger partial charge in [-0.05, 0) is 19.9 Å². The molecule has 2 saturated heterocycles. The minimum atomic E-state index is -0.806. The van der Waals surface area contributed by atoms with Gasteiger partial charge in [-0.15, -0.1) is 0 Å². The summed E-state index contributed by atoms with van der Waals surface area (Å²) in [6.45, 7) is 2.06. The molecule has 1 aliphatic carbocycles. The number of morpholine rings is 1. The first kappa shape index (κ1) is 14.7. The third-order valence-electron chi connectivity index (χ3n) is 4.87. The molecule has 1 spiro atoms. The lowest BCUT2D eigenvalue weighted by Gasteiger charge is -2.55. The summed E-state index contributed by atoms with van der Waals surface area (Å²) in [5.41, 5.74) is -0.353. The summed E-state index contributed by atoms with van der Waals surface area (Å²) < 4.78 is 18.7. The van der Waals surface area contributed by atoms with E-state index in [0.29, 0.717) is 39.1 Å². The largest absolute Gasteiger partial charge is 0.368 e. The number of carbonyl (C=O) groups excluding carboxylic acids is 2. The van der Waals surface area contributed by atoms with Gasteiger partial charge in [0.25, 0.3) is 0 Å². The molecule has 0 aromatic heterocycles. The van der Waals surface area contributed by atoms with Crippen LogP contribution in [0.15, 0.2) is 0 Å². The Morgan fingerprint density at radius 2 is 1.95 bits per heavy atom. The Hall–Kier alpha value is -1.21. The third kappa shape index (κ3) is 2.53. The lowest BCUT2D eigenvalue weighted by atomic mass is 9.80. The number of hydrogen-bond donors (Lipinski definition) is 1. The summed E-state index contributed by atoms with van der Waals surface area (Å²) >= 11 is 0. The maximum Gasteiger partial charge on any atom is 0.239 e. The van der Waals surface area contributed by atoms with E-state index in [1.165, 1.54) is 0 Å². The minimum Gasteiger partial charge on any atom is -0.368 e. The van der Waals surface area contributed by atoms with Gasteiger partial charge in [-0.3, -0.25) is 14.5 Å². The third-order valence-corrected chi connectivity index (χ3v) is 4.87. The highest BCUT2D eigenvalue weighted by Gasteiger charge is 2.52. The average Bonchev–Trinajstić information content (AvgIpc) is 2.39. The van der Waals surface area contributed by atoms with E-state index in [2.05, 4.69) is 5.32 Å². The summed E-state index contributed by atoms with van der Waals surface area (Å²) in [6.07, 6.45) is -0.0801. The van der Waals surface area contributed by atoms with Crippen molar-refractivity contribution < 1.29 is 18.7 Å². The van der Waals surface area contributed by atoms with Crippen molar-refractivity contribution in [2.75, 3.05) is 40.3 Å². The fourth-order valence-corrected chi connectivity index (χ4v) is 3.44. The number of nitrogens with one attached hydrogen (secondary N) is 1. The maximum absolute atomic E-state index is 12.8. The first-order chi connectivity index (χ1) is 9.94. The van der Waals surface area contributed by atoms with Gasteiger partial charge in [0.15, 0.2) is 0 Å². The molecular weight excluding hydrogens is 277 g/mol. The van der Waals surface area contributed by atoms with Crippen molar-refractivity contribution in [2.45, 2.75) is 30.7 Å². The SMILES string of the molecule is CNC(=O)[C@H]1COC2(CN(C(=O)C3CC(F)C3)C2)CN1C. The normalized spacial score (nSPS) is 35.0. The van der Waals surface area contributed by atoms with Crippen molar-refractivity contribution in [3.05, 3.63) is 0 Å². The quantitative estimate of drug-likeness (QED) is 0.739. The number of amides is 2. The number of rotatable bonds is 2. The van der Waals surface area contributed by atoms with Crippen molar-refractivity contribution in [1.29, 1.82) is 0 Å². The van der Waals surface area contributed by atoms with Crippen molar-refractivity contribution in [1.82, 2.24) is 15.1 Å². The van der Waals surface area contributed by atoms with E-state index in [-0.39, 0.29) is 29.4 Å². The number of alkyl halides is 1. The van der Waals surface area contributed by atoms with Crippen LogP contribution in [0.3, 0.4) is 0 Å². The summed E-state index contributed by atoms with van der Waals surface area (Å²) in [4.78, 5) is 27.5. The molecule has 3 rings (SSSR count). The molecule has 7 heteroatoms. The Balaban J connectivity index is 1.51. The molecule has 0 aromatic carbocycles. The molecular formula is C14H22FN3O3. The summed E-state index contributed by atoms with van der Waals surface area (Å²) in [7, 11) is 3.51. The highest BCUT2D eigenvalue weighted by atomic mass is 19.1. The molecule has 118 valence electrons. The maximum atomic E-state index is 12.8. The zero-order valence-corrected chi connectivity index (χ0v) is 12.5. The van der Waals surface area contributed by atoms with Crippen LogP contribution in [0.4, 0.5) is 4.39 Å². The Morgan fingerprint density at radius 1 is 1.29 bits per heavy atom. The summed E-state index contributed by atoms with van der Waals surface area (Å²) in [6, 6.07) is -0.274.